The second kappa shape index (κ2) is 4.82. The molecular formula is C15H12N2OS. The molecule has 3 aromatic rings. The predicted octanol–water partition coefficient (Wildman–Crippen LogP) is 3.86. The van der Waals surface area contributed by atoms with Crippen molar-refractivity contribution in [2.24, 2.45) is 0 Å². The molecule has 0 aliphatic heterocycles. The molecule has 3 nitrogen and oxygen atoms in total. The van der Waals surface area contributed by atoms with Gasteiger partial charge in [0.05, 0.1) is 16.1 Å². The minimum Gasteiger partial charge on any atom is -0.319 e. The fourth-order valence-corrected chi connectivity index (χ4v) is 2.71. The van der Waals surface area contributed by atoms with Crippen molar-refractivity contribution < 1.29 is 4.79 Å². The number of aromatic nitrogens is 1. The van der Waals surface area contributed by atoms with Gasteiger partial charge >= 0.3 is 0 Å². The molecule has 0 bridgehead atoms. The number of nitrogens with zero attached hydrogens (tertiary/aromatic N) is 1. The number of carbonyl (C=O) groups is 1. The Morgan fingerprint density at radius 2 is 2.00 bits per heavy atom. The van der Waals surface area contributed by atoms with Crippen molar-refractivity contribution in [2.45, 2.75) is 6.92 Å². The highest BCUT2D eigenvalue weighted by molar-refractivity contribution is 7.14. The lowest BCUT2D eigenvalue weighted by Gasteiger charge is -2.06. The van der Waals surface area contributed by atoms with Gasteiger partial charge < -0.3 is 5.32 Å². The number of fused-ring (bicyclic) bond motifs is 1. The third kappa shape index (κ3) is 2.35. The molecule has 1 N–H and O–H groups in total. The summed E-state index contributed by atoms with van der Waals surface area (Å²) >= 11 is 1.49. The summed E-state index contributed by atoms with van der Waals surface area (Å²) < 4.78 is 0. The molecule has 19 heavy (non-hydrogen) atoms. The van der Waals surface area contributed by atoms with Crippen LogP contribution in [-0.4, -0.2) is 10.9 Å². The first-order chi connectivity index (χ1) is 9.24. The van der Waals surface area contributed by atoms with Gasteiger partial charge in [0.25, 0.3) is 5.91 Å². The van der Waals surface area contributed by atoms with Crippen LogP contribution >= 0.6 is 11.3 Å². The summed E-state index contributed by atoms with van der Waals surface area (Å²) in [7, 11) is 0. The number of rotatable bonds is 2. The zero-order chi connectivity index (χ0) is 13.2. The third-order valence-corrected chi connectivity index (χ3v) is 3.84. The van der Waals surface area contributed by atoms with Gasteiger partial charge in [-0.05, 0) is 31.2 Å². The van der Waals surface area contributed by atoms with Crippen molar-refractivity contribution in [3.05, 3.63) is 58.4 Å². The van der Waals surface area contributed by atoms with Crippen LogP contribution in [0.3, 0.4) is 0 Å². The third-order valence-electron chi connectivity index (χ3n) is 2.85. The van der Waals surface area contributed by atoms with E-state index in [9.17, 15) is 4.79 Å². The minimum absolute atomic E-state index is 0.0868. The second-order valence-corrected chi connectivity index (χ2v) is 5.53. The summed E-state index contributed by atoms with van der Waals surface area (Å²) in [5.74, 6) is -0.0868. The molecule has 0 saturated carbocycles. The average Bonchev–Trinajstić information content (AvgIpc) is 2.86. The molecule has 1 amide bonds. The molecule has 94 valence electrons. The maximum atomic E-state index is 12.1. The second-order valence-electron chi connectivity index (χ2n) is 4.25. The van der Waals surface area contributed by atoms with Gasteiger partial charge in [-0.25, -0.2) is 0 Å². The van der Waals surface area contributed by atoms with Crippen molar-refractivity contribution in [3.63, 3.8) is 0 Å². The molecule has 0 aliphatic rings. The first-order valence-electron chi connectivity index (χ1n) is 5.95. The maximum absolute atomic E-state index is 12.1. The van der Waals surface area contributed by atoms with E-state index in [1.807, 2.05) is 49.4 Å². The van der Waals surface area contributed by atoms with E-state index in [-0.39, 0.29) is 5.91 Å². The number of pyridine rings is 1. The summed E-state index contributed by atoms with van der Waals surface area (Å²) in [6.45, 7) is 1.99. The molecule has 0 fully saturated rings. The van der Waals surface area contributed by atoms with Crippen molar-refractivity contribution in [3.8, 4) is 0 Å². The van der Waals surface area contributed by atoms with Crippen molar-refractivity contribution in [1.82, 2.24) is 4.98 Å². The lowest BCUT2D eigenvalue weighted by Crippen LogP contribution is -2.10. The number of amides is 1. The van der Waals surface area contributed by atoms with Crippen LogP contribution in [0, 0.1) is 6.92 Å². The van der Waals surface area contributed by atoms with Gasteiger partial charge in [0.1, 0.15) is 0 Å². The van der Waals surface area contributed by atoms with Crippen molar-refractivity contribution in [2.75, 3.05) is 5.32 Å². The monoisotopic (exact) mass is 268 g/mol. The number of benzene rings is 1. The summed E-state index contributed by atoms with van der Waals surface area (Å²) in [5.41, 5.74) is 1.56. The lowest BCUT2D eigenvalue weighted by molar-refractivity contribution is 0.103. The smallest absolute Gasteiger partial charge is 0.265 e. The Bertz CT molecular complexity index is 743. The van der Waals surface area contributed by atoms with Crippen LogP contribution in [0.4, 0.5) is 5.69 Å². The maximum Gasteiger partial charge on any atom is 0.265 e. The van der Waals surface area contributed by atoms with Gasteiger partial charge in [-0.2, -0.15) is 0 Å². The normalized spacial score (nSPS) is 10.6. The molecule has 3 rings (SSSR count). The standard InChI is InChI=1S/C15H12N2OS/c1-10-7-8-13(19-10)15(18)17-12-6-2-4-11-5-3-9-16-14(11)12/h2-9H,1H3,(H,17,18). The Labute approximate surface area is 114 Å². The van der Waals surface area contributed by atoms with Crippen molar-refractivity contribution in [1.29, 1.82) is 0 Å². The molecule has 1 aromatic carbocycles. The number of hydrogen-bond donors (Lipinski definition) is 1. The zero-order valence-corrected chi connectivity index (χ0v) is 11.2. The lowest BCUT2D eigenvalue weighted by atomic mass is 10.2. The number of nitrogens with one attached hydrogen (secondary N) is 1. The average molecular weight is 268 g/mol. The number of hydrogen-bond acceptors (Lipinski definition) is 3. The van der Waals surface area contributed by atoms with E-state index in [2.05, 4.69) is 10.3 Å². The Balaban J connectivity index is 1.95. The van der Waals surface area contributed by atoms with Gasteiger partial charge in [0, 0.05) is 16.5 Å². The molecule has 2 heterocycles. The zero-order valence-electron chi connectivity index (χ0n) is 10.4. The highest BCUT2D eigenvalue weighted by atomic mass is 32.1. The molecule has 0 aliphatic carbocycles. The van der Waals surface area contributed by atoms with Crippen LogP contribution in [0.1, 0.15) is 14.5 Å². The molecule has 2 aromatic heterocycles. The van der Waals surface area contributed by atoms with E-state index >= 15 is 0 Å². The molecule has 0 unspecified atom stereocenters. The topological polar surface area (TPSA) is 42.0 Å². The largest absolute Gasteiger partial charge is 0.319 e. The summed E-state index contributed by atoms with van der Waals surface area (Å²) in [6.07, 6.45) is 1.73. The van der Waals surface area contributed by atoms with Crippen LogP contribution < -0.4 is 5.32 Å². The Morgan fingerprint density at radius 3 is 2.79 bits per heavy atom. The SMILES string of the molecule is Cc1ccc(C(=O)Nc2cccc3cccnc23)s1. The molecule has 0 radical (unpaired) electrons. The first kappa shape index (κ1) is 11.9. The van der Waals surface area contributed by atoms with Crippen LogP contribution in [0.25, 0.3) is 10.9 Å². The fraction of sp³-hybridized carbons (Fsp3) is 0.0667. The fourth-order valence-electron chi connectivity index (χ4n) is 1.95. The summed E-state index contributed by atoms with van der Waals surface area (Å²) in [4.78, 5) is 18.3. The van der Waals surface area contributed by atoms with Gasteiger partial charge in [-0.15, -0.1) is 11.3 Å². The predicted molar refractivity (Wildman–Crippen MR) is 78.8 cm³/mol. The van der Waals surface area contributed by atoms with Gasteiger partial charge in [-0.1, -0.05) is 18.2 Å². The van der Waals surface area contributed by atoms with Gasteiger partial charge in [0.15, 0.2) is 0 Å². The van der Waals surface area contributed by atoms with E-state index < -0.39 is 0 Å². The number of aryl methyl sites for hydroxylation is 1. The number of thiophene rings is 1. The van der Waals surface area contributed by atoms with E-state index in [0.29, 0.717) is 4.88 Å². The Morgan fingerprint density at radius 1 is 1.16 bits per heavy atom. The van der Waals surface area contributed by atoms with Crippen LogP contribution in [0.2, 0.25) is 0 Å². The minimum atomic E-state index is -0.0868. The van der Waals surface area contributed by atoms with Crippen LogP contribution in [0.5, 0.6) is 0 Å². The summed E-state index contributed by atoms with van der Waals surface area (Å²) in [5, 5.41) is 3.94. The molecule has 0 atom stereocenters. The molecule has 0 saturated heterocycles. The van der Waals surface area contributed by atoms with E-state index in [1.54, 1.807) is 6.20 Å². The van der Waals surface area contributed by atoms with Crippen molar-refractivity contribution >= 4 is 33.8 Å². The quantitative estimate of drug-likeness (QED) is 0.767. The highest BCUT2D eigenvalue weighted by Crippen LogP contribution is 2.22. The van der Waals surface area contributed by atoms with E-state index in [0.717, 1.165) is 21.5 Å². The first-order valence-corrected chi connectivity index (χ1v) is 6.77. The molecule has 0 spiro atoms. The molecule has 4 heteroatoms. The van der Waals surface area contributed by atoms with E-state index in [1.165, 1.54) is 11.3 Å². The molecular weight excluding hydrogens is 256 g/mol. The number of anilines is 1. The van der Waals surface area contributed by atoms with Gasteiger partial charge in [0.2, 0.25) is 0 Å². The highest BCUT2D eigenvalue weighted by Gasteiger charge is 2.10. The number of carbonyl (C=O) groups excluding carboxylic acids is 1. The Kier molecular flexibility index (Phi) is 3.01. The Hall–Kier alpha value is -2.20. The van der Waals surface area contributed by atoms with E-state index in [4.69, 9.17) is 0 Å². The number of para-hydroxylation sites is 1. The van der Waals surface area contributed by atoms with Crippen LogP contribution in [-0.2, 0) is 0 Å². The summed E-state index contributed by atoms with van der Waals surface area (Å²) in [6, 6.07) is 13.4. The van der Waals surface area contributed by atoms with Crippen LogP contribution in [0.15, 0.2) is 48.7 Å². The van der Waals surface area contributed by atoms with Gasteiger partial charge in [-0.3, -0.25) is 9.78 Å².